The molecule has 0 aromatic carbocycles. The first-order valence-electron chi connectivity index (χ1n) is 6.70. The molecule has 108 valence electrons. The van der Waals surface area contributed by atoms with E-state index in [1.165, 1.54) is 23.5 Å². The first kappa shape index (κ1) is 14.4. The molecule has 2 heterocycles. The average Bonchev–Trinajstić information content (AvgIpc) is 3.24. The predicted molar refractivity (Wildman–Crippen MR) is 84.9 cm³/mol. The van der Waals surface area contributed by atoms with E-state index < -0.39 is 0 Å². The van der Waals surface area contributed by atoms with E-state index in [-0.39, 0.29) is 5.91 Å². The minimum Gasteiger partial charge on any atom is -0.301 e. The molecule has 1 aromatic rings. The van der Waals surface area contributed by atoms with Crippen molar-refractivity contribution in [1.82, 2.24) is 10.3 Å². The number of hydrogen-bond acceptors (Lipinski definition) is 6. The summed E-state index contributed by atoms with van der Waals surface area (Å²) in [5.74, 6) is 1.06. The van der Waals surface area contributed by atoms with Crippen LogP contribution in [0.4, 0.5) is 0 Å². The molecule has 0 saturated heterocycles. The second-order valence-corrected chi connectivity index (χ2v) is 6.73. The molecule has 3 rings (SSSR count). The monoisotopic (exact) mass is 318 g/mol. The third-order valence-corrected chi connectivity index (χ3v) is 4.93. The van der Waals surface area contributed by atoms with Crippen LogP contribution in [0.25, 0.3) is 0 Å². The molecule has 1 amide bonds. The molecular formula is C14H14N4OS2. The van der Waals surface area contributed by atoms with E-state index in [4.69, 9.17) is 0 Å². The second kappa shape index (κ2) is 6.08. The van der Waals surface area contributed by atoms with Gasteiger partial charge in [0.25, 0.3) is 5.91 Å². The van der Waals surface area contributed by atoms with Gasteiger partial charge in [0.15, 0.2) is 5.17 Å². The summed E-state index contributed by atoms with van der Waals surface area (Å²) in [6.45, 7) is 0.727. The van der Waals surface area contributed by atoms with Crippen LogP contribution in [0.5, 0.6) is 0 Å². The highest BCUT2D eigenvalue weighted by molar-refractivity contribution is 8.14. The molecule has 1 fully saturated rings. The third kappa shape index (κ3) is 3.06. The number of carbonyl (C=O) groups excluding carboxylic acids is 1. The lowest BCUT2D eigenvalue weighted by Crippen LogP contribution is -2.28. The van der Waals surface area contributed by atoms with Crippen LogP contribution in [0.15, 0.2) is 16.1 Å². The SMILES string of the molecule is CSc1nc(C2CC2)cc(C(=O)NC2=NCCS2)c1C#N. The molecular weight excluding hydrogens is 304 g/mol. The smallest absolute Gasteiger partial charge is 0.258 e. The molecule has 0 spiro atoms. The molecule has 1 saturated carbocycles. The fourth-order valence-corrected chi connectivity index (χ4v) is 3.42. The van der Waals surface area contributed by atoms with Gasteiger partial charge in [0, 0.05) is 17.4 Å². The number of nitrogens with one attached hydrogen (secondary N) is 1. The van der Waals surface area contributed by atoms with E-state index >= 15 is 0 Å². The quantitative estimate of drug-likeness (QED) is 0.866. The van der Waals surface area contributed by atoms with Gasteiger partial charge in [-0.15, -0.1) is 11.8 Å². The molecule has 0 unspecified atom stereocenters. The largest absolute Gasteiger partial charge is 0.301 e. The summed E-state index contributed by atoms with van der Waals surface area (Å²) in [5, 5.41) is 13.4. The Balaban J connectivity index is 1.96. The summed E-state index contributed by atoms with van der Waals surface area (Å²) < 4.78 is 0. The fraction of sp³-hybridized carbons (Fsp3) is 0.429. The average molecular weight is 318 g/mol. The Morgan fingerprint density at radius 3 is 2.95 bits per heavy atom. The molecule has 0 atom stereocenters. The van der Waals surface area contributed by atoms with Gasteiger partial charge in [0.2, 0.25) is 0 Å². The number of amidine groups is 1. The van der Waals surface area contributed by atoms with Gasteiger partial charge in [0.1, 0.15) is 11.1 Å². The number of aliphatic imine (C=N–C) groups is 1. The van der Waals surface area contributed by atoms with Crippen molar-refractivity contribution >= 4 is 34.6 Å². The standard InChI is InChI=1S/C14H14N4OS2/c1-20-13-10(7-15)9(6-11(17-13)8-2-3-8)12(19)18-14-16-4-5-21-14/h6,8H,2-5H2,1H3,(H,16,18,19). The van der Waals surface area contributed by atoms with Gasteiger partial charge < -0.3 is 5.32 Å². The van der Waals surface area contributed by atoms with E-state index in [2.05, 4.69) is 21.4 Å². The Bertz CT molecular complexity index is 662. The number of nitrogens with zero attached hydrogens (tertiary/aromatic N) is 3. The number of carbonyl (C=O) groups is 1. The van der Waals surface area contributed by atoms with Crippen LogP contribution in [-0.2, 0) is 0 Å². The van der Waals surface area contributed by atoms with Crippen LogP contribution in [-0.4, -0.2) is 34.6 Å². The normalized spacial score (nSPS) is 17.2. The Morgan fingerprint density at radius 1 is 1.57 bits per heavy atom. The van der Waals surface area contributed by atoms with E-state index in [0.29, 0.717) is 27.2 Å². The zero-order chi connectivity index (χ0) is 14.8. The zero-order valence-electron chi connectivity index (χ0n) is 11.5. The molecule has 7 heteroatoms. The van der Waals surface area contributed by atoms with Crippen LogP contribution >= 0.6 is 23.5 Å². The number of aromatic nitrogens is 1. The minimum atomic E-state index is -0.265. The maximum atomic E-state index is 12.5. The van der Waals surface area contributed by atoms with Crippen LogP contribution in [0.2, 0.25) is 0 Å². The third-order valence-electron chi connectivity index (χ3n) is 3.36. The molecule has 1 aliphatic carbocycles. The minimum absolute atomic E-state index is 0.265. The highest BCUT2D eigenvalue weighted by Crippen LogP contribution is 2.40. The lowest BCUT2D eigenvalue weighted by molar-refractivity contribution is 0.0977. The van der Waals surface area contributed by atoms with Gasteiger partial charge in [-0.25, -0.2) is 4.98 Å². The van der Waals surface area contributed by atoms with Gasteiger partial charge in [0.05, 0.1) is 17.7 Å². The van der Waals surface area contributed by atoms with Gasteiger partial charge >= 0.3 is 0 Å². The molecule has 1 N–H and O–H groups in total. The van der Waals surface area contributed by atoms with Crippen LogP contribution < -0.4 is 5.32 Å². The highest BCUT2D eigenvalue weighted by atomic mass is 32.2. The van der Waals surface area contributed by atoms with Crippen molar-refractivity contribution in [3.63, 3.8) is 0 Å². The van der Waals surface area contributed by atoms with Gasteiger partial charge in [-0.2, -0.15) is 5.26 Å². The predicted octanol–water partition coefficient (Wildman–Crippen LogP) is 2.39. The zero-order valence-corrected chi connectivity index (χ0v) is 13.2. The maximum absolute atomic E-state index is 12.5. The van der Waals surface area contributed by atoms with Gasteiger partial charge in [-0.1, -0.05) is 11.8 Å². The van der Waals surface area contributed by atoms with Crippen LogP contribution in [0, 0.1) is 11.3 Å². The number of amides is 1. The highest BCUT2D eigenvalue weighted by Gasteiger charge is 2.28. The van der Waals surface area contributed by atoms with Gasteiger partial charge in [-0.05, 0) is 25.2 Å². The van der Waals surface area contributed by atoms with E-state index in [1.54, 1.807) is 6.07 Å². The molecule has 0 bridgehead atoms. The fourth-order valence-electron chi connectivity index (χ4n) is 2.14. The van der Waals surface area contributed by atoms with E-state index in [9.17, 15) is 10.1 Å². The Hall–Kier alpha value is -1.52. The van der Waals surface area contributed by atoms with Crippen molar-refractivity contribution in [3.8, 4) is 6.07 Å². The van der Waals surface area contributed by atoms with Crippen molar-refractivity contribution in [1.29, 1.82) is 5.26 Å². The number of nitriles is 1. The second-order valence-electron chi connectivity index (χ2n) is 4.85. The molecule has 1 aromatic heterocycles. The molecule has 21 heavy (non-hydrogen) atoms. The summed E-state index contributed by atoms with van der Waals surface area (Å²) >= 11 is 2.93. The van der Waals surface area contributed by atoms with Gasteiger partial charge in [-0.3, -0.25) is 9.79 Å². The van der Waals surface area contributed by atoms with Crippen LogP contribution in [0.3, 0.4) is 0 Å². The Morgan fingerprint density at radius 2 is 2.38 bits per heavy atom. The Kier molecular flexibility index (Phi) is 4.17. The lowest BCUT2D eigenvalue weighted by Gasteiger charge is -2.10. The summed E-state index contributed by atoms with van der Waals surface area (Å²) in [5.41, 5.74) is 1.69. The molecule has 2 aliphatic rings. The first-order chi connectivity index (χ1) is 10.2. The number of rotatable bonds is 3. The summed E-state index contributed by atoms with van der Waals surface area (Å²) in [6, 6.07) is 3.89. The summed E-state index contributed by atoms with van der Waals surface area (Å²) in [6.07, 6.45) is 4.09. The van der Waals surface area contributed by atoms with Crippen molar-refractivity contribution < 1.29 is 4.79 Å². The number of hydrogen-bond donors (Lipinski definition) is 1. The summed E-state index contributed by atoms with van der Waals surface area (Å²) in [7, 11) is 0. The topological polar surface area (TPSA) is 78.1 Å². The lowest BCUT2D eigenvalue weighted by atomic mass is 10.1. The number of thioether (sulfide) groups is 2. The van der Waals surface area contributed by atoms with E-state index in [1.807, 2.05) is 6.26 Å². The summed E-state index contributed by atoms with van der Waals surface area (Å²) in [4.78, 5) is 21.2. The van der Waals surface area contributed by atoms with E-state index in [0.717, 1.165) is 30.8 Å². The van der Waals surface area contributed by atoms with Crippen molar-refractivity contribution in [3.05, 3.63) is 22.9 Å². The van der Waals surface area contributed by atoms with Crippen LogP contribution in [0.1, 0.15) is 40.4 Å². The molecule has 1 aliphatic heterocycles. The van der Waals surface area contributed by atoms with Crippen molar-refractivity contribution in [2.45, 2.75) is 23.8 Å². The Labute approximate surface area is 131 Å². The maximum Gasteiger partial charge on any atom is 0.258 e. The molecule has 0 radical (unpaired) electrons. The van der Waals surface area contributed by atoms with Crippen molar-refractivity contribution in [2.24, 2.45) is 4.99 Å². The number of pyridine rings is 1. The first-order valence-corrected chi connectivity index (χ1v) is 8.91. The van der Waals surface area contributed by atoms with Crippen molar-refractivity contribution in [2.75, 3.05) is 18.6 Å². The molecule has 5 nitrogen and oxygen atoms in total.